The summed E-state index contributed by atoms with van der Waals surface area (Å²) in [6, 6.07) is 7.81. The van der Waals surface area contributed by atoms with Gasteiger partial charge in [-0.3, -0.25) is 0 Å². The summed E-state index contributed by atoms with van der Waals surface area (Å²) in [5.41, 5.74) is 6.94. The number of nitrogens with two attached hydrogens (primary N) is 1. The van der Waals surface area contributed by atoms with Crippen LogP contribution in [0.5, 0.6) is 5.75 Å². The van der Waals surface area contributed by atoms with Gasteiger partial charge in [0.1, 0.15) is 5.75 Å². The Balaban J connectivity index is 2.45. The number of benzene rings is 1. The van der Waals surface area contributed by atoms with Crippen molar-refractivity contribution in [2.75, 3.05) is 13.2 Å². The van der Waals surface area contributed by atoms with E-state index in [0.717, 1.165) is 11.3 Å². The van der Waals surface area contributed by atoms with Gasteiger partial charge in [0, 0.05) is 18.1 Å². The summed E-state index contributed by atoms with van der Waals surface area (Å²) in [6.07, 6.45) is 0.578. The fraction of sp³-hybridized carbons (Fsp3) is 0.500. The predicted molar refractivity (Wildman–Crippen MR) is 58.7 cm³/mol. The summed E-state index contributed by atoms with van der Waals surface area (Å²) >= 11 is 0. The van der Waals surface area contributed by atoms with E-state index in [1.807, 2.05) is 24.3 Å². The Morgan fingerprint density at radius 2 is 2.27 bits per heavy atom. The Morgan fingerprint density at radius 1 is 1.53 bits per heavy atom. The average molecular weight is 207 g/mol. The highest BCUT2D eigenvalue weighted by Gasteiger charge is 2.39. The van der Waals surface area contributed by atoms with Crippen molar-refractivity contribution in [1.29, 1.82) is 0 Å². The Kier molecular flexibility index (Phi) is 2.67. The first-order valence-corrected chi connectivity index (χ1v) is 5.30. The highest BCUT2D eigenvalue weighted by molar-refractivity contribution is 5.41. The number of hydrogen-bond acceptors (Lipinski definition) is 3. The molecule has 15 heavy (non-hydrogen) atoms. The molecule has 1 aliphatic rings. The van der Waals surface area contributed by atoms with Crippen molar-refractivity contribution in [2.24, 2.45) is 11.7 Å². The topological polar surface area (TPSA) is 55.5 Å². The quantitative estimate of drug-likeness (QED) is 0.767. The fourth-order valence-corrected chi connectivity index (χ4v) is 2.17. The normalized spacial score (nSPS) is 29.4. The zero-order valence-corrected chi connectivity index (χ0v) is 8.94. The molecule has 2 unspecified atom stereocenters. The third-order valence-corrected chi connectivity index (χ3v) is 3.28. The molecule has 1 aliphatic heterocycles. The van der Waals surface area contributed by atoms with Crippen LogP contribution >= 0.6 is 0 Å². The summed E-state index contributed by atoms with van der Waals surface area (Å²) in [7, 11) is 0. The van der Waals surface area contributed by atoms with E-state index in [-0.39, 0.29) is 12.5 Å². The Hall–Kier alpha value is -1.06. The number of hydrogen-bond donors (Lipinski definition) is 2. The SMILES string of the molecule is CC1COc2ccccc2C1(N)CCO. The van der Waals surface area contributed by atoms with Crippen LogP contribution < -0.4 is 10.5 Å². The molecule has 0 bridgehead atoms. The molecule has 2 atom stereocenters. The van der Waals surface area contributed by atoms with Crippen LogP contribution in [-0.2, 0) is 5.54 Å². The lowest BCUT2D eigenvalue weighted by Gasteiger charge is -2.40. The largest absolute Gasteiger partial charge is 0.493 e. The molecule has 0 fully saturated rings. The summed E-state index contributed by atoms with van der Waals surface area (Å²) in [5.74, 6) is 1.08. The third kappa shape index (κ3) is 1.62. The second-order valence-corrected chi connectivity index (χ2v) is 4.22. The van der Waals surface area contributed by atoms with E-state index in [9.17, 15) is 0 Å². The maximum absolute atomic E-state index is 9.11. The maximum atomic E-state index is 9.11. The second-order valence-electron chi connectivity index (χ2n) is 4.22. The van der Waals surface area contributed by atoms with Crippen LogP contribution in [0.2, 0.25) is 0 Å². The van der Waals surface area contributed by atoms with E-state index in [1.165, 1.54) is 0 Å². The Morgan fingerprint density at radius 3 is 3.00 bits per heavy atom. The summed E-state index contributed by atoms with van der Waals surface area (Å²) in [5, 5.41) is 9.11. The van der Waals surface area contributed by atoms with Crippen molar-refractivity contribution in [3.05, 3.63) is 29.8 Å². The second kappa shape index (κ2) is 3.83. The number of para-hydroxylation sites is 1. The molecule has 0 aromatic heterocycles. The molecular weight excluding hydrogens is 190 g/mol. The van der Waals surface area contributed by atoms with Crippen LogP contribution in [0.1, 0.15) is 18.9 Å². The molecule has 1 aromatic rings. The zero-order valence-electron chi connectivity index (χ0n) is 8.94. The van der Waals surface area contributed by atoms with Crippen molar-refractivity contribution in [1.82, 2.24) is 0 Å². The number of rotatable bonds is 2. The predicted octanol–water partition coefficient (Wildman–Crippen LogP) is 1.25. The molecule has 1 heterocycles. The van der Waals surface area contributed by atoms with Crippen LogP contribution in [0.15, 0.2) is 24.3 Å². The van der Waals surface area contributed by atoms with Crippen molar-refractivity contribution in [2.45, 2.75) is 18.9 Å². The number of aliphatic hydroxyl groups excluding tert-OH is 1. The fourth-order valence-electron chi connectivity index (χ4n) is 2.17. The van der Waals surface area contributed by atoms with E-state index < -0.39 is 5.54 Å². The lowest BCUT2D eigenvalue weighted by atomic mass is 9.76. The molecule has 0 aliphatic carbocycles. The van der Waals surface area contributed by atoms with Gasteiger partial charge in [0.15, 0.2) is 0 Å². The van der Waals surface area contributed by atoms with Crippen LogP contribution in [0.25, 0.3) is 0 Å². The minimum absolute atomic E-state index is 0.106. The lowest BCUT2D eigenvalue weighted by molar-refractivity contribution is 0.116. The van der Waals surface area contributed by atoms with Gasteiger partial charge in [-0.05, 0) is 12.5 Å². The monoisotopic (exact) mass is 207 g/mol. The van der Waals surface area contributed by atoms with E-state index in [4.69, 9.17) is 15.6 Å². The number of ether oxygens (including phenoxy) is 1. The van der Waals surface area contributed by atoms with Gasteiger partial charge in [0.25, 0.3) is 0 Å². The highest BCUT2D eigenvalue weighted by Crippen LogP contribution is 2.40. The molecule has 3 nitrogen and oxygen atoms in total. The number of aliphatic hydroxyl groups is 1. The van der Waals surface area contributed by atoms with Gasteiger partial charge in [-0.15, -0.1) is 0 Å². The molecular formula is C12H17NO2. The standard InChI is InChI=1S/C12H17NO2/c1-9-8-15-11-5-3-2-4-10(11)12(9,13)6-7-14/h2-5,9,14H,6-8,13H2,1H3. The van der Waals surface area contributed by atoms with Crippen molar-refractivity contribution in [3.8, 4) is 5.75 Å². The van der Waals surface area contributed by atoms with E-state index in [2.05, 4.69) is 6.92 Å². The van der Waals surface area contributed by atoms with Gasteiger partial charge in [0.2, 0.25) is 0 Å². The minimum Gasteiger partial charge on any atom is -0.493 e. The molecule has 0 amide bonds. The van der Waals surface area contributed by atoms with Crippen LogP contribution in [0.4, 0.5) is 0 Å². The smallest absolute Gasteiger partial charge is 0.124 e. The van der Waals surface area contributed by atoms with Crippen LogP contribution in [-0.4, -0.2) is 18.3 Å². The van der Waals surface area contributed by atoms with Gasteiger partial charge < -0.3 is 15.6 Å². The van der Waals surface area contributed by atoms with Crippen molar-refractivity contribution >= 4 is 0 Å². The first-order valence-electron chi connectivity index (χ1n) is 5.30. The molecule has 2 rings (SSSR count). The maximum Gasteiger partial charge on any atom is 0.124 e. The highest BCUT2D eigenvalue weighted by atomic mass is 16.5. The van der Waals surface area contributed by atoms with Gasteiger partial charge in [-0.1, -0.05) is 25.1 Å². The molecule has 1 aromatic carbocycles. The van der Waals surface area contributed by atoms with Crippen LogP contribution in [0.3, 0.4) is 0 Å². The molecule has 3 heteroatoms. The number of fused-ring (bicyclic) bond motifs is 1. The van der Waals surface area contributed by atoms with Gasteiger partial charge in [-0.2, -0.15) is 0 Å². The Bertz CT molecular complexity index is 353. The molecule has 0 saturated carbocycles. The van der Waals surface area contributed by atoms with Gasteiger partial charge >= 0.3 is 0 Å². The van der Waals surface area contributed by atoms with E-state index >= 15 is 0 Å². The third-order valence-electron chi connectivity index (χ3n) is 3.28. The van der Waals surface area contributed by atoms with E-state index in [1.54, 1.807) is 0 Å². The first kappa shape index (κ1) is 10.5. The molecule has 0 radical (unpaired) electrons. The summed E-state index contributed by atoms with van der Waals surface area (Å²) in [6.45, 7) is 2.79. The van der Waals surface area contributed by atoms with Crippen LogP contribution in [0, 0.1) is 5.92 Å². The van der Waals surface area contributed by atoms with E-state index in [0.29, 0.717) is 13.0 Å². The molecule has 82 valence electrons. The zero-order chi connectivity index (χ0) is 10.9. The summed E-state index contributed by atoms with van der Waals surface area (Å²) in [4.78, 5) is 0. The summed E-state index contributed by atoms with van der Waals surface area (Å²) < 4.78 is 5.62. The first-order chi connectivity index (χ1) is 7.18. The average Bonchev–Trinajstić information content (AvgIpc) is 2.25. The molecule has 3 N–H and O–H groups in total. The molecule has 0 spiro atoms. The van der Waals surface area contributed by atoms with Gasteiger partial charge in [-0.25, -0.2) is 0 Å². The van der Waals surface area contributed by atoms with Gasteiger partial charge in [0.05, 0.1) is 12.1 Å². The minimum atomic E-state index is -0.455. The van der Waals surface area contributed by atoms with Crippen molar-refractivity contribution in [3.63, 3.8) is 0 Å². The lowest BCUT2D eigenvalue weighted by Crippen LogP contribution is -2.48. The van der Waals surface area contributed by atoms with Crippen molar-refractivity contribution < 1.29 is 9.84 Å². The molecule has 0 saturated heterocycles. The Labute approximate surface area is 89.9 Å².